The van der Waals surface area contributed by atoms with Gasteiger partial charge in [-0.1, -0.05) is 48.5 Å². The summed E-state index contributed by atoms with van der Waals surface area (Å²) in [5.74, 6) is 0.106. The molecule has 0 N–H and O–H groups in total. The van der Waals surface area contributed by atoms with Crippen LogP contribution in [0, 0.1) is 0 Å². The number of hydrogen-bond donors (Lipinski definition) is 0. The second kappa shape index (κ2) is 6.72. The summed E-state index contributed by atoms with van der Waals surface area (Å²) in [6.07, 6.45) is 0. The van der Waals surface area contributed by atoms with Crippen LogP contribution in [-0.4, -0.2) is 25.0 Å². The second-order valence-electron chi connectivity index (χ2n) is 4.18. The minimum absolute atomic E-state index is 0.0566. The van der Waals surface area contributed by atoms with Gasteiger partial charge in [0.25, 0.3) is 0 Å². The first kappa shape index (κ1) is 14.8. The Balaban J connectivity index is 1.92. The highest BCUT2D eigenvalue weighted by molar-refractivity contribution is 8.12. The Morgan fingerprint density at radius 3 is 2.05 bits per heavy atom. The van der Waals surface area contributed by atoms with Crippen molar-refractivity contribution < 1.29 is 13.2 Å². The van der Waals surface area contributed by atoms with E-state index < -0.39 is 9.84 Å². The van der Waals surface area contributed by atoms with E-state index in [0.29, 0.717) is 10.5 Å². The van der Waals surface area contributed by atoms with Gasteiger partial charge in [-0.3, -0.25) is 4.79 Å². The van der Waals surface area contributed by atoms with Crippen LogP contribution in [0.3, 0.4) is 0 Å². The third kappa shape index (κ3) is 3.95. The molecule has 0 unspecified atom stereocenters. The molecule has 2 aromatic carbocycles. The van der Waals surface area contributed by atoms with Crippen molar-refractivity contribution in [3.05, 3.63) is 66.2 Å². The number of sulfone groups is 1. The normalized spacial score (nSPS) is 11.2. The van der Waals surface area contributed by atoms with Crippen molar-refractivity contribution in [2.45, 2.75) is 4.90 Å². The van der Waals surface area contributed by atoms with Crippen molar-refractivity contribution in [3.63, 3.8) is 0 Å². The van der Waals surface area contributed by atoms with E-state index in [1.165, 1.54) is 0 Å². The van der Waals surface area contributed by atoms with Crippen LogP contribution in [0.2, 0.25) is 0 Å². The molecule has 0 amide bonds. The van der Waals surface area contributed by atoms with E-state index in [1.807, 2.05) is 6.07 Å². The highest BCUT2D eigenvalue weighted by Crippen LogP contribution is 2.17. The zero-order valence-corrected chi connectivity index (χ0v) is 12.4. The fourth-order valence-electron chi connectivity index (χ4n) is 1.65. The first-order valence-corrected chi connectivity index (χ1v) is 8.84. The van der Waals surface area contributed by atoms with Crippen molar-refractivity contribution in [3.8, 4) is 0 Å². The maximum Gasteiger partial charge on any atom is 0.187 e. The summed E-state index contributed by atoms with van der Waals surface area (Å²) in [6, 6.07) is 17.2. The molecule has 0 aliphatic heterocycles. The van der Waals surface area contributed by atoms with E-state index in [9.17, 15) is 13.2 Å². The Morgan fingerprint density at radius 1 is 0.900 bits per heavy atom. The fraction of sp³-hybridized carbons (Fsp3) is 0.133. The molecule has 0 fully saturated rings. The van der Waals surface area contributed by atoms with Crippen LogP contribution in [0.4, 0.5) is 0 Å². The summed E-state index contributed by atoms with van der Waals surface area (Å²) in [5, 5.41) is -0.0877. The van der Waals surface area contributed by atoms with Gasteiger partial charge in [-0.25, -0.2) is 8.42 Å². The number of ketones is 1. The smallest absolute Gasteiger partial charge is 0.187 e. The molecule has 0 saturated heterocycles. The molecule has 0 spiro atoms. The molecule has 0 atom stereocenters. The summed E-state index contributed by atoms with van der Waals surface area (Å²) >= 11 is 1.12. The number of carbonyl (C=O) groups excluding carboxylic acids is 1. The lowest BCUT2D eigenvalue weighted by atomic mass is 10.2. The van der Waals surface area contributed by atoms with E-state index >= 15 is 0 Å². The van der Waals surface area contributed by atoms with E-state index in [1.54, 1.807) is 54.6 Å². The van der Waals surface area contributed by atoms with Crippen molar-refractivity contribution >= 4 is 27.4 Å². The van der Waals surface area contributed by atoms with Gasteiger partial charge in [-0.15, -0.1) is 11.8 Å². The molecule has 2 rings (SSSR count). The van der Waals surface area contributed by atoms with Gasteiger partial charge in [0.15, 0.2) is 15.6 Å². The zero-order valence-electron chi connectivity index (χ0n) is 10.7. The molecular weight excluding hydrogens is 292 g/mol. The number of hydrogen-bond acceptors (Lipinski definition) is 4. The maximum absolute atomic E-state index is 12.0. The highest BCUT2D eigenvalue weighted by atomic mass is 32.3. The molecule has 0 saturated carbocycles. The molecule has 0 aromatic heterocycles. The van der Waals surface area contributed by atoms with Crippen molar-refractivity contribution in [2.24, 2.45) is 0 Å². The molecule has 3 nitrogen and oxygen atoms in total. The lowest BCUT2D eigenvalue weighted by molar-refractivity contribution is 0.102. The summed E-state index contributed by atoms with van der Waals surface area (Å²) in [4.78, 5) is 12.1. The monoisotopic (exact) mass is 306 g/mol. The van der Waals surface area contributed by atoms with Crippen LogP contribution < -0.4 is 0 Å². The molecule has 0 heterocycles. The Hall–Kier alpha value is -1.59. The largest absolute Gasteiger partial charge is 0.293 e. The summed E-state index contributed by atoms with van der Waals surface area (Å²) < 4.78 is 24.0. The fourth-order valence-corrected chi connectivity index (χ4v) is 4.33. The average Bonchev–Trinajstić information content (AvgIpc) is 2.49. The number of rotatable bonds is 6. The topological polar surface area (TPSA) is 51.2 Å². The molecule has 0 bridgehead atoms. The Kier molecular flexibility index (Phi) is 4.98. The van der Waals surface area contributed by atoms with E-state index in [4.69, 9.17) is 0 Å². The summed E-state index contributed by atoms with van der Waals surface area (Å²) in [5.41, 5.74) is 0.608. The number of benzene rings is 2. The van der Waals surface area contributed by atoms with Crippen LogP contribution in [0.15, 0.2) is 65.6 Å². The molecule has 104 valence electrons. The lowest BCUT2D eigenvalue weighted by Gasteiger charge is -2.04. The average molecular weight is 306 g/mol. The molecular formula is C15H14O3S2. The van der Waals surface area contributed by atoms with Crippen LogP contribution in [0.1, 0.15) is 10.4 Å². The van der Waals surface area contributed by atoms with Gasteiger partial charge in [-0.05, 0) is 12.1 Å². The zero-order chi connectivity index (χ0) is 14.4. The first-order valence-electron chi connectivity index (χ1n) is 6.03. The predicted molar refractivity (Wildman–Crippen MR) is 81.7 cm³/mol. The molecule has 2 aromatic rings. The lowest BCUT2D eigenvalue weighted by Crippen LogP contribution is -2.08. The molecule has 0 aliphatic rings. The van der Waals surface area contributed by atoms with E-state index in [2.05, 4.69) is 0 Å². The second-order valence-corrected chi connectivity index (χ2v) is 7.52. The van der Waals surface area contributed by atoms with Gasteiger partial charge in [0.2, 0.25) is 0 Å². The Bertz CT molecular complexity index is 665. The minimum atomic E-state index is -3.33. The van der Waals surface area contributed by atoms with Gasteiger partial charge < -0.3 is 0 Å². The molecule has 20 heavy (non-hydrogen) atoms. The van der Waals surface area contributed by atoms with Crippen molar-refractivity contribution in [1.82, 2.24) is 0 Å². The van der Waals surface area contributed by atoms with Crippen LogP contribution in [-0.2, 0) is 9.84 Å². The van der Waals surface area contributed by atoms with Gasteiger partial charge in [0.1, 0.15) is 5.08 Å². The van der Waals surface area contributed by atoms with Crippen molar-refractivity contribution in [2.75, 3.05) is 10.8 Å². The summed E-state index contributed by atoms with van der Waals surface area (Å²) in [6.45, 7) is 0. The predicted octanol–water partition coefficient (Wildman–Crippen LogP) is 3.03. The van der Waals surface area contributed by atoms with Gasteiger partial charge in [-0.2, -0.15) is 0 Å². The third-order valence-corrected chi connectivity index (χ3v) is 6.03. The minimum Gasteiger partial charge on any atom is -0.293 e. The molecule has 0 radical (unpaired) electrons. The SMILES string of the molecule is O=C(CSCS(=O)(=O)c1ccccc1)c1ccccc1. The van der Waals surface area contributed by atoms with Gasteiger partial charge in [0.05, 0.1) is 10.6 Å². The number of carbonyl (C=O) groups is 1. The molecule has 5 heteroatoms. The van der Waals surface area contributed by atoms with Crippen LogP contribution in [0.5, 0.6) is 0 Å². The quantitative estimate of drug-likeness (QED) is 0.770. The standard InChI is InChI=1S/C15H14O3S2/c16-15(13-7-3-1-4-8-13)11-19-12-20(17,18)14-9-5-2-6-10-14/h1-10H,11-12H2. The molecule has 0 aliphatic carbocycles. The number of Topliss-reactive ketones (excluding diaryl/α,β-unsaturated/α-hetero) is 1. The van der Waals surface area contributed by atoms with E-state index in [0.717, 1.165) is 11.8 Å². The highest BCUT2D eigenvalue weighted by Gasteiger charge is 2.15. The summed E-state index contributed by atoms with van der Waals surface area (Å²) in [7, 11) is -3.33. The first-order chi connectivity index (χ1) is 9.59. The van der Waals surface area contributed by atoms with Gasteiger partial charge >= 0.3 is 0 Å². The Labute approximate surface area is 122 Å². The van der Waals surface area contributed by atoms with Crippen molar-refractivity contribution in [1.29, 1.82) is 0 Å². The third-order valence-electron chi connectivity index (χ3n) is 2.67. The van der Waals surface area contributed by atoms with E-state index in [-0.39, 0.29) is 16.6 Å². The van der Waals surface area contributed by atoms with Gasteiger partial charge in [0, 0.05) is 5.56 Å². The van der Waals surface area contributed by atoms with Crippen LogP contribution >= 0.6 is 11.8 Å². The Morgan fingerprint density at radius 2 is 1.45 bits per heavy atom. The maximum atomic E-state index is 12.0. The number of thioether (sulfide) groups is 1. The van der Waals surface area contributed by atoms with Crippen LogP contribution in [0.25, 0.3) is 0 Å².